The van der Waals surface area contributed by atoms with Crippen molar-refractivity contribution in [3.05, 3.63) is 83.3 Å². The van der Waals surface area contributed by atoms with Crippen molar-refractivity contribution in [1.29, 1.82) is 0 Å². The van der Waals surface area contributed by atoms with E-state index in [4.69, 9.17) is 0 Å². The SMILES string of the molecule is Cn1c(SCC(=O)Nc2ccc(N=Nc3ccccc3)cc2)nnc1-c1ccc(Br)cc1. The van der Waals surface area contributed by atoms with Crippen LogP contribution >= 0.6 is 27.7 Å². The Morgan fingerprint density at radius 3 is 2.28 bits per heavy atom. The summed E-state index contributed by atoms with van der Waals surface area (Å²) in [6, 6.07) is 24.6. The van der Waals surface area contributed by atoms with Crippen molar-refractivity contribution in [3.8, 4) is 11.4 Å². The van der Waals surface area contributed by atoms with Gasteiger partial charge in [-0.25, -0.2) is 0 Å². The Morgan fingerprint density at radius 2 is 1.59 bits per heavy atom. The van der Waals surface area contributed by atoms with E-state index in [0.717, 1.165) is 21.5 Å². The highest BCUT2D eigenvalue weighted by Gasteiger charge is 2.13. The smallest absolute Gasteiger partial charge is 0.234 e. The van der Waals surface area contributed by atoms with E-state index in [-0.39, 0.29) is 11.7 Å². The summed E-state index contributed by atoms with van der Waals surface area (Å²) in [7, 11) is 1.89. The van der Waals surface area contributed by atoms with Crippen molar-refractivity contribution in [2.45, 2.75) is 5.16 Å². The van der Waals surface area contributed by atoms with Crippen molar-refractivity contribution in [1.82, 2.24) is 14.8 Å². The van der Waals surface area contributed by atoms with Gasteiger partial charge in [0.2, 0.25) is 5.91 Å². The third-order valence-electron chi connectivity index (χ3n) is 4.46. The van der Waals surface area contributed by atoms with Crippen LogP contribution in [0.25, 0.3) is 11.4 Å². The number of hydrogen-bond acceptors (Lipinski definition) is 6. The van der Waals surface area contributed by atoms with Crippen molar-refractivity contribution in [2.75, 3.05) is 11.1 Å². The third-order valence-corrected chi connectivity index (χ3v) is 6.01. The molecule has 32 heavy (non-hydrogen) atoms. The number of thioether (sulfide) groups is 1. The van der Waals surface area contributed by atoms with Crippen LogP contribution in [0.4, 0.5) is 17.1 Å². The van der Waals surface area contributed by atoms with Gasteiger partial charge in [0.1, 0.15) is 0 Å². The monoisotopic (exact) mass is 506 g/mol. The zero-order chi connectivity index (χ0) is 22.3. The highest BCUT2D eigenvalue weighted by Crippen LogP contribution is 2.24. The zero-order valence-electron chi connectivity index (χ0n) is 17.1. The number of carbonyl (C=O) groups excluding carboxylic acids is 1. The van der Waals surface area contributed by atoms with Crippen LogP contribution in [0.3, 0.4) is 0 Å². The summed E-state index contributed by atoms with van der Waals surface area (Å²) in [4.78, 5) is 12.4. The number of azo groups is 1. The lowest BCUT2D eigenvalue weighted by atomic mass is 10.2. The Labute approximate surface area is 198 Å². The maximum atomic E-state index is 12.4. The van der Waals surface area contributed by atoms with Crippen LogP contribution in [-0.4, -0.2) is 26.4 Å². The predicted octanol–water partition coefficient (Wildman–Crippen LogP) is 6.39. The van der Waals surface area contributed by atoms with E-state index in [9.17, 15) is 4.79 Å². The molecule has 9 heteroatoms. The number of anilines is 1. The third kappa shape index (κ3) is 5.68. The Bertz CT molecular complexity index is 1220. The van der Waals surface area contributed by atoms with Crippen molar-refractivity contribution >= 4 is 50.7 Å². The fraction of sp³-hybridized carbons (Fsp3) is 0.0870. The molecule has 0 spiro atoms. The molecule has 1 aromatic heterocycles. The van der Waals surface area contributed by atoms with Crippen LogP contribution in [0.15, 0.2) is 98.7 Å². The first-order valence-electron chi connectivity index (χ1n) is 9.73. The van der Waals surface area contributed by atoms with Gasteiger partial charge in [0, 0.05) is 22.8 Å². The predicted molar refractivity (Wildman–Crippen MR) is 131 cm³/mol. The number of rotatable bonds is 7. The van der Waals surface area contributed by atoms with Gasteiger partial charge in [-0.2, -0.15) is 10.2 Å². The molecule has 0 aliphatic rings. The lowest BCUT2D eigenvalue weighted by Crippen LogP contribution is -2.14. The lowest BCUT2D eigenvalue weighted by Gasteiger charge is -2.06. The van der Waals surface area contributed by atoms with E-state index in [1.54, 1.807) is 12.1 Å². The van der Waals surface area contributed by atoms with E-state index in [1.165, 1.54) is 11.8 Å². The molecule has 0 unspecified atom stereocenters. The number of benzene rings is 3. The molecule has 0 saturated heterocycles. The Balaban J connectivity index is 1.31. The summed E-state index contributed by atoms with van der Waals surface area (Å²) in [6.45, 7) is 0. The van der Waals surface area contributed by atoms with Gasteiger partial charge in [0.15, 0.2) is 11.0 Å². The minimum absolute atomic E-state index is 0.123. The largest absolute Gasteiger partial charge is 0.325 e. The van der Waals surface area contributed by atoms with E-state index in [2.05, 4.69) is 41.7 Å². The van der Waals surface area contributed by atoms with Crippen molar-refractivity contribution < 1.29 is 4.79 Å². The van der Waals surface area contributed by atoms with E-state index >= 15 is 0 Å². The zero-order valence-corrected chi connectivity index (χ0v) is 19.5. The molecule has 7 nitrogen and oxygen atoms in total. The Kier molecular flexibility index (Phi) is 7.08. The van der Waals surface area contributed by atoms with Crippen LogP contribution < -0.4 is 5.32 Å². The van der Waals surface area contributed by atoms with E-state index in [1.807, 2.05) is 78.3 Å². The molecule has 1 amide bonds. The molecule has 0 radical (unpaired) electrons. The van der Waals surface area contributed by atoms with Crippen molar-refractivity contribution in [3.63, 3.8) is 0 Å². The topological polar surface area (TPSA) is 84.5 Å². The molecule has 4 aromatic rings. The second-order valence-electron chi connectivity index (χ2n) is 6.79. The molecule has 0 aliphatic carbocycles. The molecule has 3 aromatic carbocycles. The van der Waals surface area contributed by atoms with Crippen LogP contribution in [-0.2, 0) is 11.8 Å². The van der Waals surface area contributed by atoms with Gasteiger partial charge in [-0.3, -0.25) is 4.79 Å². The molecule has 0 fully saturated rings. The van der Waals surface area contributed by atoms with Gasteiger partial charge in [-0.1, -0.05) is 58.0 Å². The number of nitrogens with zero attached hydrogens (tertiary/aromatic N) is 5. The molecular weight excluding hydrogens is 488 g/mol. The normalized spacial score (nSPS) is 11.1. The summed E-state index contributed by atoms with van der Waals surface area (Å²) in [5.41, 5.74) is 3.15. The fourth-order valence-electron chi connectivity index (χ4n) is 2.84. The van der Waals surface area contributed by atoms with Crippen molar-refractivity contribution in [2.24, 2.45) is 17.3 Å². The average molecular weight is 507 g/mol. The molecule has 0 aliphatic heterocycles. The van der Waals surface area contributed by atoms with Crippen LogP contribution in [0.1, 0.15) is 0 Å². The minimum Gasteiger partial charge on any atom is -0.325 e. The lowest BCUT2D eigenvalue weighted by molar-refractivity contribution is -0.113. The Hall–Kier alpha value is -3.30. The van der Waals surface area contributed by atoms with Gasteiger partial charge in [-0.05, 0) is 48.5 Å². The molecule has 4 rings (SSSR count). The highest BCUT2D eigenvalue weighted by molar-refractivity contribution is 9.10. The van der Waals surface area contributed by atoms with Gasteiger partial charge >= 0.3 is 0 Å². The standard InChI is InChI=1S/C23H19BrN6OS/c1-30-22(16-7-9-17(24)10-8-16)28-29-23(30)32-15-21(31)25-18-11-13-20(14-12-18)27-26-19-5-3-2-4-6-19/h2-14H,15H2,1H3,(H,25,31). The van der Waals surface area contributed by atoms with Gasteiger partial charge in [0.25, 0.3) is 0 Å². The molecule has 0 saturated carbocycles. The van der Waals surface area contributed by atoms with Crippen LogP contribution in [0, 0.1) is 0 Å². The summed E-state index contributed by atoms with van der Waals surface area (Å²) < 4.78 is 2.88. The highest BCUT2D eigenvalue weighted by atomic mass is 79.9. The first kappa shape index (κ1) is 21.9. The number of carbonyl (C=O) groups is 1. The molecular formula is C23H19BrN6OS. The average Bonchev–Trinajstić information content (AvgIpc) is 3.18. The molecule has 0 bridgehead atoms. The maximum absolute atomic E-state index is 12.4. The number of halogens is 1. The maximum Gasteiger partial charge on any atom is 0.234 e. The number of amides is 1. The summed E-state index contributed by atoms with van der Waals surface area (Å²) >= 11 is 4.77. The summed E-state index contributed by atoms with van der Waals surface area (Å²) in [6.07, 6.45) is 0. The number of nitrogens with one attached hydrogen (secondary N) is 1. The number of aromatic nitrogens is 3. The summed E-state index contributed by atoms with van der Waals surface area (Å²) in [5, 5.41) is 20.4. The molecule has 160 valence electrons. The first-order chi connectivity index (χ1) is 15.6. The van der Waals surface area contributed by atoms with E-state index in [0.29, 0.717) is 16.5 Å². The van der Waals surface area contributed by atoms with Gasteiger partial charge in [0.05, 0.1) is 17.1 Å². The summed E-state index contributed by atoms with van der Waals surface area (Å²) in [5.74, 6) is 0.851. The molecule has 1 N–H and O–H groups in total. The minimum atomic E-state index is -0.123. The quantitative estimate of drug-likeness (QED) is 0.232. The fourth-order valence-corrected chi connectivity index (χ4v) is 3.82. The molecule has 1 heterocycles. The Morgan fingerprint density at radius 1 is 0.938 bits per heavy atom. The number of hydrogen-bond donors (Lipinski definition) is 1. The van der Waals surface area contributed by atoms with Crippen LogP contribution in [0.2, 0.25) is 0 Å². The second-order valence-corrected chi connectivity index (χ2v) is 8.65. The van der Waals surface area contributed by atoms with Gasteiger partial charge < -0.3 is 9.88 Å². The van der Waals surface area contributed by atoms with E-state index < -0.39 is 0 Å². The first-order valence-corrected chi connectivity index (χ1v) is 11.5. The molecule has 0 atom stereocenters. The van der Waals surface area contributed by atoms with Crippen LogP contribution in [0.5, 0.6) is 0 Å². The van der Waals surface area contributed by atoms with Gasteiger partial charge in [-0.15, -0.1) is 10.2 Å². The second kappa shape index (κ2) is 10.3.